The van der Waals surface area contributed by atoms with Crippen LogP contribution in [0.4, 0.5) is 0 Å². The van der Waals surface area contributed by atoms with Gasteiger partial charge in [-0.1, -0.05) is 72.1 Å². The highest BCUT2D eigenvalue weighted by Crippen LogP contribution is 2.58. The second kappa shape index (κ2) is 6.46. The average Bonchev–Trinajstić information content (AvgIpc) is 3.38. The van der Waals surface area contributed by atoms with E-state index in [9.17, 15) is 0 Å². The van der Waals surface area contributed by atoms with E-state index in [1.807, 2.05) is 23.5 Å². The van der Waals surface area contributed by atoms with E-state index in [0.717, 1.165) is 0 Å². The van der Waals surface area contributed by atoms with Crippen LogP contribution in [0.2, 0.25) is 0 Å². The van der Waals surface area contributed by atoms with Gasteiger partial charge in [0.15, 0.2) is 0 Å². The van der Waals surface area contributed by atoms with E-state index in [1.54, 1.807) is 0 Å². The normalized spacial score (nSPS) is 24.7. The van der Waals surface area contributed by atoms with Gasteiger partial charge in [-0.15, -0.1) is 11.8 Å². The van der Waals surface area contributed by atoms with Crippen molar-refractivity contribution >= 4 is 90.4 Å². The van der Waals surface area contributed by atoms with E-state index in [2.05, 4.69) is 104 Å². The summed E-state index contributed by atoms with van der Waals surface area (Å²) >= 11 is 13.6. The molecule has 2 atom stereocenters. The molecule has 2 aliphatic heterocycles. The Bertz CT molecular complexity index is 1230. The Morgan fingerprint density at radius 2 is 1.11 bits per heavy atom. The largest absolute Gasteiger partial charge is 0.123 e. The Hall–Kier alpha value is -0.590. The molecule has 132 valence electrons. The van der Waals surface area contributed by atoms with Crippen molar-refractivity contribution in [2.45, 2.75) is 9.16 Å². The fourth-order valence-corrected chi connectivity index (χ4v) is 11.2. The molecule has 5 heteroatoms. The molecule has 2 unspecified atom stereocenters. The lowest BCUT2D eigenvalue weighted by atomic mass is 10.1. The van der Waals surface area contributed by atoms with Gasteiger partial charge in [0.05, 0.1) is 16.8 Å². The lowest BCUT2D eigenvalue weighted by Crippen LogP contribution is -2.25. The second-order valence-electron chi connectivity index (χ2n) is 6.70. The molecule has 0 aromatic heterocycles. The molecule has 0 saturated heterocycles. The molecule has 27 heavy (non-hydrogen) atoms. The average molecular weight is 532 g/mol. The quantitative estimate of drug-likeness (QED) is 0.565. The highest BCUT2D eigenvalue weighted by Gasteiger charge is 2.38. The van der Waals surface area contributed by atoms with Crippen LogP contribution in [-0.4, -0.2) is 9.16 Å². The molecule has 0 bridgehead atoms. The summed E-state index contributed by atoms with van der Waals surface area (Å²) in [5.41, 5.74) is 5.71. The summed E-state index contributed by atoms with van der Waals surface area (Å²) in [6.45, 7) is 0. The van der Waals surface area contributed by atoms with Gasteiger partial charge in [-0.3, -0.25) is 0 Å². The third-order valence-corrected chi connectivity index (χ3v) is 11.2. The van der Waals surface area contributed by atoms with Crippen molar-refractivity contribution in [3.8, 4) is 0 Å². The SMILES string of the molecule is BrC1=C2C=c3ccccc3=C2C(SC2SC(Br)=C3C=c4ccccc4=C32)S1. The van der Waals surface area contributed by atoms with Crippen molar-refractivity contribution < 1.29 is 0 Å². The summed E-state index contributed by atoms with van der Waals surface area (Å²) in [7, 11) is 0. The third kappa shape index (κ3) is 2.58. The van der Waals surface area contributed by atoms with Gasteiger partial charge in [0.1, 0.15) is 0 Å². The maximum absolute atomic E-state index is 3.83. The predicted octanol–water partition coefficient (Wildman–Crippen LogP) is 4.37. The van der Waals surface area contributed by atoms with Gasteiger partial charge < -0.3 is 0 Å². The Morgan fingerprint density at radius 1 is 0.667 bits per heavy atom. The van der Waals surface area contributed by atoms with E-state index in [-0.39, 0.29) is 0 Å². The minimum Gasteiger partial charge on any atom is -0.123 e. The molecule has 2 aliphatic carbocycles. The first kappa shape index (κ1) is 17.3. The van der Waals surface area contributed by atoms with Crippen LogP contribution < -0.4 is 20.9 Å². The van der Waals surface area contributed by atoms with E-state index in [1.165, 1.54) is 50.8 Å². The Kier molecular flexibility index (Phi) is 4.14. The number of benzene rings is 2. The predicted molar refractivity (Wildman–Crippen MR) is 129 cm³/mol. The summed E-state index contributed by atoms with van der Waals surface area (Å²) < 4.78 is 3.35. The maximum Gasteiger partial charge on any atom is 0.0830 e. The van der Waals surface area contributed by atoms with Crippen molar-refractivity contribution in [2.75, 3.05) is 0 Å². The van der Waals surface area contributed by atoms with Gasteiger partial charge in [-0.25, -0.2) is 0 Å². The van der Waals surface area contributed by atoms with Crippen molar-refractivity contribution in [2.24, 2.45) is 0 Å². The molecular weight excluding hydrogens is 520 g/mol. The number of allylic oxidation sites excluding steroid dienone is 2. The fourth-order valence-electron chi connectivity index (χ4n) is 4.06. The fraction of sp³-hybridized carbons (Fsp3) is 0.0909. The number of halogens is 2. The number of rotatable bonds is 2. The summed E-state index contributed by atoms with van der Waals surface area (Å²) in [5, 5.41) is 5.48. The lowest BCUT2D eigenvalue weighted by molar-refractivity contribution is 1.48. The van der Waals surface area contributed by atoms with Crippen LogP contribution in [0.1, 0.15) is 0 Å². The van der Waals surface area contributed by atoms with Gasteiger partial charge in [-0.2, -0.15) is 0 Å². The topological polar surface area (TPSA) is 0 Å². The minimum atomic E-state index is 0.409. The standard InChI is InChI=1S/C22H12Br2S3/c23-19-15-9-11-5-1-3-7-13(11)17(15)21(25-19)27-22-18-14-8-4-2-6-12(14)10-16(18)20(24)26-22/h1-10,21-22H. The van der Waals surface area contributed by atoms with Crippen LogP contribution in [0.3, 0.4) is 0 Å². The van der Waals surface area contributed by atoms with Gasteiger partial charge in [-0.05, 0) is 76.0 Å². The van der Waals surface area contributed by atoms with Gasteiger partial charge in [0.2, 0.25) is 0 Å². The number of hydrogen-bond donors (Lipinski definition) is 0. The molecule has 2 aromatic carbocycles. The van der Waals surface area contributed by atoms with E-state index in [4.69, 9.17) is 0 Å². The van der Waals surface area contributed by atoms with Crippen molar-refractivity contribution in [3.05, 3.63) is 88.2 Å². The van der Waals surface area contributed by atoms with Crippen LogP contribution in [0.15, 0.2) is 67.3 Å². The zero-order chi connectivity index (χ0) is 18.1. The molecule has 0 radical (unpaired) electrons. The van der Waals surface area contributed by atoms with Crippen LogP contribution in [0.25, 0.3) is 23.3 Å². The molecular formula is C22H12Br2S3. The van der Waals surface area contributed by atoms with Gasteiger partial charge >= 0.3 is 0 Å². The first-order valence-electron chi connectivity index (χ1n) is 8.62. The van der Waals surface area contributed by atoms with Crippen LogP contribution in [-0.2, 0) is 0 Å². The van der Waals surface area contributed by atoms with Crippen molar-refractivity contribution in [1.82, 2.24) is 0 Å². The third-order valence-electron chi connectivity index (χ3n) is 5.25. The minimum absolute atomic E-state index is 0.409. The molecule has 4 aliphatic rings. The molecule has 0 nitrogen and oxygen atoms in total. The Morgan fingerprint density at radius 3 is 1.59 bits per heavy atom. The highest BCUT2D eigenvalue weighted by atomic mass is 79.9. The number of hydrogen-bond acceptors (Lipinski definition) is 3. The summed E-state index contributed by atoms with van der Waals surface area (Å²) in [6.07, 6.45) is 4.66. The maximum atomic E-state index is 3.83. The molecule has 2 heterocycles. The first-order chi connectivity index (χ1) is 13.2. The van der Waals surface area contributed by atoms with Crippen molar-refractivity contribution in [1.29, 1.82) is 0 Å². The molecule has 2 aromatic rings. The van der Waals surface area contributed by atoms with E-state index < -0.39 is 0 Å². The summed E-state index contributed by atoms with van der Waals surface area (Å²) in [5.74, 6) is 0. The zero-order valence-corrected chi connectivity index (χ0v) is 19.5. The van der Waals surface area contributed by atoms with Crippen LogP contribution in [0, 0.1) is 0 Å². The van der Waals surface area contributed by atoms with E-state index in [0.29, 0.717) is 9.16 Å². The first-order valence-corrected chi connectivity index (χ1v) is 12.9. The van der Waals surface area contributed by atoms with Gasteiger partial charge in [0, 0.05) is 11.1 Å². The molecule has 0 amide bonds. The highest BCUT2D eigenvalue weighted by molar-refractivity contribution is 9.14. The lowest BCUT2D eigenvalue weighted by Gasteiger charge is -2.18. The second-order valence-corrected chi connectivity index (χ2v) is 13.4. The van der Waals surface area contributed by atoms with Gasteiger partial charge in [0.25, 0.3) is 0 Å². The molecule has 0 fully saturated rings. The number of thioether (sulfide) groups is 3. The molecule has 0 spiro atoms. The van der Waals surface area contributed by atoms with Crippen LogP contribution >= 0.6 is 67.1 Å². The summed E-state index contributed by atoms with van der Waals surface area (Å²) in [6, 6.07) is 17.5. The summed E-state index contributed by atoms with van der Waals surface area (Å²) in [4.78, 5) is 0. The molecule has 6 rings (SSSR count). The molecule has 0 saturated carbocycles. The van der Waals surface area contributed by atoms with Crippen molar-refractivity contribution in [3.63, 3.8) is 0 Å². The molecule has 0 N–H and O–H groups in total. The van der Waals surface area contributed by atoms with E-state index >= 15 is 0 Å². The number of fused-ring (bicyclic) bond motifs is 4. The monoisotopic (exact) mass is 530 g/mol. The zero-order valence-electron chi connectivity index (χ0n) is 13.9. The Balaban J connectivity index is 1.45. The van der Waals surface area contributed by atoms with Crippen LogP contribution in [0.5, 0.6) is 0 Å². The smallest absolute Gasteiger partial charge is 0.0830 e. The Labute approximate surface area is 186 Å².